The normalized spacial score (nSPS) is 19.0. The van der Waals surface area contributed by atoms with Crippen LogP contribution in [0.15, 0.2) is 40.8 Å². The smallest absolute Gasteiger partial charge is 0.254 e. The number of hydrogen-bond donors (Lipinski definition) is 1. The molecule has 1 unspecified atom stereocenters. The number of benzene rings is 2. The number of carbonyl (C=O) groups excluding carboxylic acids is 3. The van der Waals surface area contributed by atoms with Gasteiger partial charge in [-0.05, 0) is 48.2 Å². The summed E-state index contributed by atoms with van der Waals surface area (Å²) in [5, 5.41) is 2.98. The third kappa shape index (κ3) is 3.25. The standard InChI is InChI=1S/C22H18ClN3O4/c23-16-3-1-2-12-8-9-26(11-15(12)16)22(29)13-4-6-17-18(10-13)30-21(24-17)14-5-7-19(27)25-20(14)28/h1-4,6,10,14H,5,7-9,11H2,(H,25,27,28). The number of aromatic nitrogens is 1. The van der Waals surface area contributed by atoms with Crippen LogP contribution in [0.5, 0.6) is 0 Å². The summed E-state index contributed by atoms with van der Waals surface area (Å²) < 4.78 is 5.79. The largest absolute Gasteiger partial charge is 0.440 e. The molecule has 3 amide bonds. The Labute approximate surface area is 177 Å². The van der Waals surface area contributed by atoms with Crippen LogP contribution in [0.2, 0.25) is 5.02 Å². The van der Waals surface area contributed by atoms with Gasteiger partial charge < -0.3 is 9.32 Å². The quantitative estimate of drug-likeness (QED) is 0.639. The number of imide groups is 1. The molecule has 2 aromatic carbocycles. The fourth-order valence-electron chi connectivity index (χ4n) is 4.05. The van der Waals surface area contributed by atoms with Gasteiger partial charge in [0.15, 0.2) is 5.58 Å². The zero-order valence-electron chi connectivity index (χ0n) is 16.0. The van der Waals surface area contributed by atoms with Crippen molar-refractivity contribution >= 4 is 40.4 Å². The number of fused-ring (bicyclic) bond motifs is 2. The summed E-state index contributed by atoms with van der Waals surface area (Å²) in [7, 11) is 0. The van der Waals surface area contributed by atoms with Gasteiger partial charge in [-0.1, -0.05) is 23.7 Å². The van der Waals surface area contributed by atoms with Gasteiger partial charge in [0.05, 0.1) is 0 Å². The van der Waals surface area contributed by atoms with Crippen molar-refractivity contribution in [3.63, 3.8) is 0 Å². The molecule has 0 spiro atoms. The van der Waals surface area contributed by atoms with Crippen molar-refractivity contribution in [1.29, 1.82) is 0 Å². The van der Waals surface area contributed by atoms with Crippen LogP contribution in [0.3, 0.4) is 0 Å². The minimum absolute atomic E-state index is 0.110. The Morgan fingerprint density at radius 2 is 2.07 bits per heavy atom. The van der Waals surface area contributed by atoms with Gasteiger partial charge in [0.2, 0.25) is 17.7 Å². The Balaban J connectivity index is 1.40. The van der Waals surface area contributed by atoms with Gasteiger partial charge >= 0.3 is 0 Å². The number of amides is 3. The van der Waals surface area contributed by atoms with E-state index in [2.05, 4.69) is 10.3 Å². The second-order valence-electron chi connectivity index (χ2n) is 7.59. The molecule has 1 atom stereocenters. The summed E-state index contributed by atoms with van der Waals surface area (Å²) >= 11 is 6.32. The van der Waals surface area contributed by atoms with E-state index in [4.69, 9.17) is 16.0 Å². The molecule has 2 aliphatic heterocycles. The monoisotopic (exact) mass is 423 g/mol. The summed E-state index contributed by atoms with van der Waals surface area (Å²) in [5.74, 6) is -1.14. The van der Waals surface area contributed by atoms with Crippen molar-refractivity contribution < 1.29 is 18.8 Å². The number of piperidine rings is 1. The van der Waals surface area contributed by atoms with E-state index in [9.17, 15) is 14.4 Å². The van der Waals surface area contributed by atoms with Gasteiger partial charge in [-0.2, -0.15) is 0 Å². The highest BCUT2D eigenvalue weighted by Crippen LogP contribution is 2.30. The zero-order valence-corrected chi connectivity index (χ0v) is 16.7. The van der Waals surface area contributed by atoms with Crippen LogP contribution in [0, 0.1) is 0 Å². The third-order valence-corrected chi connectivity index (χ3v) is 6.05. The summed E-state index contributed by atoms with van der Waals surface area (Å²) in [6.45, 7) is 1.08. The van der Waals surface area contributed by atoms with Crippen LogP contribution >= 0.6 is 11.6 Å². The van der Waals surface area contributed by atoms with Crippen molar-refractivity contribution in [2.45, 2.75) is 31.7 Å². The maximum Gasteiger partial charge on any atom is 0.254 e. The molecule has 1 N–H and O–H groups in total. The van der Waals surface area contributed by atoms with E-state index in [1.807, 2.05) is 18.2 Å². The number of carbonyl (C=O) groups is 3. The Kier molecular flexibility index (Phi) is 4.55. The van der Waals surface area contributed by atoms with Gasteiger partial charge in [-0.3, -0.25) is 19.7 Å². The minimum atomic E-state index is -0.602. The lowest BCUT2D eigenvalue weighted by atomic mass is 9.98. The van der Waals surface area contributed by atoms with Crippen molar-refractivity contribution in [3.8, 4) is 0 Å². The Morgan fingerprint density at radius 1 is 1.20 bits per heavy atom. The van der Waals surface area contributed by atoms with Crippen LogP contribution in [0.1, 0.15) is 46.1 Å². The first-order valence-electron chi connectivity index (χ1n) is 9.79. The summed E-state index contributed by atoms with van der Waals surface area (Å²) in [4.78, 5) is 42.7. The number of halogens is 1. The molecule has 1 fully saturated rings. The Morgan fingerprint density at radius 3 is 2.90 bits per heavy atom. The number of nitrogens with zero attached hydrogens (tertiary/aromatic N) is 2. The van der Waals surface area contributed by atoms with Crippen LogP contribution in [0.4, 0.5) is 0 Å². The molecule has 0 aliphatic carbocycles. The number of oxazole rings is 1. The van der Waals surface area contributed by atoms with Crippen molar-refractivity contribution in [3.05, 3.63) is 64.0 Å². The van der Waals surface area contributed by atoms with E-state index in [0.717, 1.165) is 12.0 Å². The van der Waals surface area contributed by atoms with E-state index in [1.54, 1.807) is 23.1 Å². The highest BCUT2D eigenvalue weighted by Gasteiger charge is 2.32. The Bertz CT molecular complexity index is 1200. The Hall–Kier alpha value is -3.19. The maximum absolute atomic E-state index is 13.1. The predicted octanol–water partition coefficient (Wildman–Crippen LogP) is 3.20. The molecule has 1 aromatic heterocycles. The van der Waals surface area contributed by atoms with Gasteiger partial charge in [-0.25, -0.2) is 4.98 Å². The second-order valence-corrected chi connectivity index (χ2v) is 8.00. The second kappa shape index (κ2) is 7.25. The van der Waals surface area contributed by atoms with E-state index >= 15 is 0 Å². The molecule has 7 nitrogen and oxygen atoms in total. The SMILES string of the molecule is O=C1CCC(c2nc3ccc(C(=O)N4CCc5cccc(Cl)c5C4)cc3o2)C(=O)N1. The zero-order chi connectivity index (χ0) is 20.8. The molecule has 152 valence electrons. The molecule has 8 heteroatoms. The highest BCUT2D eigenvalue weighted by molar-refractivity contribution is 6.31. The molecular weight excluding hydrogens is 406 g/mol. The first-order chi connectivity index (χ1) is 14.5. The fourth-order valence-corrected chi connectivity index (χ4v) is 4.30. The van der Waals surface area contributed by atoms with Crippen LogP contribution in [0.25, 0.3) is 11.1 Å². The average Bonchev–Trinajstić information content (AvgIpc) is 3.16. The van der Waals surface area contributed by atoms with Crippen molar-refractivity contribution in [1.82, 2.24) is 15.2 Å². The molecule has 0 bridgehead atoms. The lowest BCUT2D eigenvalue weighted by molar-refractivity contribution is -0.134. The maximum atomic E-state index is 13.1. The molecule has 1 saturated heterocycles. The summed E-state index contributed by atoms with van der Waals surface area (Å²) in [6.07, 6.45) is 1.36. The van der Waals surface area contributed by atoms with Crippen LogP contribution in [-0.4, -0.2) is 34.2 Å². The molecule has 0 radical (unpaired) electrons. The highest BCUT2D eigenvalue weighted by atomic mass is 35.5. The van der Waals surface area contributed by atoms with E-state index in [0.29, 0.717) is 41.2 Å². The first-order valence-corrected chi connectivity index (χ1v) is 10.2. The van der Waals surface area contributed by atoms with Gasteiger partial charge in [-0.15, -0.1) is 0 Å². The molecule has 2 aliphatic rings. The molecule has 3 aromatic rings. The van der Waals surface area contributed by atoms with Crippen molar-refractivity contribution in [2.75, 3.05) is 6.54 Å². The summed E-state index contributed by atoms with van der Waals surface area (Å²) in [5.41, 5.74) is 3.66. The number of hydrogen-bond acceptors (Lipinski definition) is 5. The minimum Gasteiger partial charge on any atom is -0.440 e. The average molecular weight is 424 g/mol. The molecule has 3 heterocycles. The molecule has 30 heavy (non-hydrogen) atoms. The molecular formula is C22H18ClN3O4. The van der Waals surface area contributed by atoms with E-state index in [-0.39, 0.29) is 24.1 Å². The van der Waals surface area contributed by atoms with Gasteiger partial charge in [0, 0.05) is 30.1 Å². The summed E-state index contributed by atoms with van der Waals surface area (Å²) in [6, 6.07) is 10.9. The van der Waals surface area contributed by atoms with Gasteiger partial charge in [0.1, 0.15) is 11.4 Å². The van der Waals surface area contributed by atoms with Crippen molar-refractivity contribution in [2.24, 2.45) is 0 Å². The predicted molar refractivity (Wildman–Crippen MR) is 109 cm³/mol. The molecule has 5 rings (SSSR count). The lowest BCUT2D eigenvalue weighted by Gasteiger charge is -2.29. The fraction of sp³-hybridized carbons (Fsp3) is 0.273. The van der Waals surface area contributed by atoms with Gasteiger partial charge in [0.25, 0.3) is 5.91 Å². The third-order valence-electron chi connectivity index (χ3n) is 5.69. The topological polar surface area (TPSA) is 92.5 Å². The van der Waals surface area contributed by atoms with Crippen LogP contribution in [-0.2, 0) is 22.6 Å². The van der Waals surface area contributed by atoms with Crippen LogP contribution < -0.4 is 5.32 Å². The number of nitrogens with one attached hydrogen (secondary N) is 1. The lowest BCUT2D eigenvalue weighted by Crippen LogP contribution is -2.39. The number of rotatable bonds is 2. The van der Waals surface area contributed by atoms with E-state index < -0.39 is 11.8 Å². The molecule has 0 saturated carbocycles. The van der Waals surface area contributed by atoms with E-state index in [1.165, 1.54) is 5.56 Å². The first kappa shape index (κ1) is 18.8.